The van der Waals surface area contributed by atoms with Crippen LogP contribution in [0.1, 0.15) is 22.3 Å². The molecule has 0 heterocycles. The van der Waals surface area contributed by atoms with Crippen LogP contribution in [0.15, 0.2) is 164 Å². The molecule has 0 saturated heterocycles. The molecule has 0 bridgehead atoms. The van der Waals surface area contributed by atoms with Gasteiger partial charge in [0.25, 0.3) is 0 Å². The number of fused-ring (bicyclic) bond motifs is 10. The number of hydrogen-bond donors (Lipinski definition) is 0. The normalized spacial score (nSPS) is 12.9. The Morgan fingerprint density at radius 3 is 1.74 bits per heavy atom. The van der Waals surface area contributed by atoms with E-state index in [-0.39, 0.29) is 0 Å². The van der Waals surface area contributed by atoms with Gasteiger partial charge >= 0.3 is 0 Å². The third-order valence-corrected chi connectivity index (χ3v) is 9.76. The van der Waals surface area contributed by atoms with Crippen molar-refractivity contribution in [3.05, 3.63) is 203 Å². The molecule has 1 spiro atoms. The van der Waals surface area contributed by atoms with Crippen molar-refractivity contribution in [2.45, 2.75) is 5.41 Å². The lowest BCUT2D eigenvalue weighted by Gasteiger charge is -2.32. The summed E-state index contributed by atoms with van der Waals surface area (Å²) >= 11 is 0. The standard InChI is InChI=1S/C44H27FN2/c1-46-40-26-13-25-39(45)42(40)29-14-11-17-31(28-29)47(30-15-3-2-4-16-30)41-27-12-24-38-43(41)34-20-7-10-23-37(34)44(38)35-21-8-5-18-32(35)33-19-6-9-22-36(33)44/h2-28H. The largest absolute Gasteiger partial charge is 0.310 e. The predicted octanol–water partition coefficient (Wildman–Crippen LogP) is 11.9. The topological polar surface area (TPSA) is 7.60 Å². The first-order chi connectivity index (χ1) is 23.2. The summed E-state index contributed by atoms with van der Waals surface area (Å²) in [6.07, 6.45) is 0. The Balaban J connectivity index is 1.35. The van der Waals surface area contributed by atoms with Crippen LogP contribution in [0.25, 0.3) is 38.2 Å². The highest BCUT2D eigenvalue weighted by molar-refractivity contribution is 6.01. The second kappa shape index (κ2) is 10.4. The SMILES string of the molecule is [C-]#[N+]c1cccc(F)c1-c1cccc(N(c2ccccc2)c2cccc3c2-c2ccccc2C32c3ccccc3-c3ccccc32)c1. The molecule has 0 atom stereocenters. The third kappa shape index (κ3) is 3.76. The van der Waals surface area contributed by atoms with Crippen LogP contribution < -0.4 is 4.90 Å². The van der Waals surface area contributed by atoms with Crippen molar-refractivity contribution in [3.63, 3.8) is 0 Å². The Kier molecular flexibility index (Phi) is 6.00. The molecular formula is C44H27FN2. The van der Waals surface area contributed by atoms with Crippen LogP contribution in [-0.4, -0.2) is 0 Å². The summed E-state index contributed by atoms with van der Waals surface area (Å²) in [6, 6.07) is 56.0. The second-order valence-electron chi connectivity index (χ2n) is 12.1. The molecule has 0 N–H and O–H groups in total. The Labute approximate surface area is 273 Å². The minimum atomic E-state index is -0.461. The van der Waals surface area contributed by atoms with Crippen molar-refractivity contribution >= 4 is 22.7 Å². The van der Waals surface area contributed by atoms with E-state index in [1.54, 1.807) is 12.1 Å². The van der Waals surface area contributed by atoms with Crippen LogP contribution in [-0.2, 0) is 5.41 Å². The van der Waals surface area contributed by atoms with Crippen LogP contribution in [0.3, 0.4) is 0 Å². The number of benzene rings is 7. The third-order valence-electron chi connectivity index (χ3n) is 9.76. The van der Waals surface area contributed by atoms with Crippen molar-refractivity contribution < 1.29 is 4.39 Å². The first-order valence-electron chi connectivity index (χ1n) is 15.8. The number of nitrogens with zero attached hydrogens (tertiary/aromatic N) is 2. The molecule has 0 aromatic heterocycles. The van der Waals surface area contributed by atoms with Crippen LogP contribution in [0.5, 0.6) is 0 Å². The fourth-order valence-corrected chi connectivity index (χ4v) is 8.01. The molecule has 7 aromatic carbocycles. The molecule has 0 unspecified atom stereocenters. The van der Waals surface area contributed by atoms with E-state index in [9.17, 15) is 0 Å². The van der Waals surface area contributed by atoms with Gasteiger partial charge in [0.1, 0.15) is 5.82 Å². The van der Waals surface area contributed by atoms with Gasteiger partial charge in [-0.3, -0.25) is 0 Å². The van der Waals surface area contributed by atoms with E-state index < -0.39 is 11.2 Å². The molecule has 0 fully saturated rings. The molecule has 3 heteroatoms. The number of hydrogen-bond acceptors (Lipinski definition) is 1. The number of para-hydroxylation sites is 1. The Morgan fingerprint density at radius 2 is 1.04 bits per heavy atom. The summed E-state index contributed by atoms with van der Waals surface area (Å²) in [5, 5.41) is 0. The quantitative estimate of drug-likeness (QED) is 0.182. The molecule has 0 radical (unpaired) electrons. The molecule has 0 aliphatic heterocycles. The molecule has 2 nitrogen and oxygen atoms in total. The highest BCUT2D eigenvalue weighted by atomic mass is 19.1. The molecule has 2 aliphatic rings. The van der Waals surface area contributed by atoms with Crippen molar-refractivity contribution in [2.24, 2.45) is 0 Å². The highest BCUT2D eigenvalue weighted by Gasteiger charge is 2.52. The number of anilines is 3. The van der Waals surface area contributed by atoms with Gasteiger partial charge in [0.15, 0.2) is 5.69 Å². The van der Waals surface area contributed by atoms with Crippen LogP contribution in [0.4, 0.5) is 27.1 Å². The van der Waals surface area contributed by atoms with Crippen molar-refractivity contribution in [2.75, 3.05) is 4.90 Å². The van der Waals surface area contributed by atoms with Crippen molar-refractivity contribution in [1.29, 1.82) is 0 Å². The number of halogens is 1. The summed E-state index contributed by atoms with van der Waals surface area (Å²) in [4.78, 5) is 5.91. The van der Waals surface area contributed by atoms with E-state index in [1.165, 1.54) is 50.6 Å². The van der Waals surface area contributed by atoms with Gasteiger partial charge in [-0.25, -0.2) is 9.24 Å². The lowest BCUT2D eigenvalue weighted by molar-refractivity contribution is 0.632. The minimum absolute atomic E-state index is 0.295. The van der Waals surface area contributed by atoms with E-state index in [1.807, 2.05) is 36.4 Å². The van der Waals surface area contributed by atoms with Gasteiger partial charge in [0, 0.05) is 22.5 Å². The minimum Gasteiger partial charge on any atom is -0.310 e. The number of rotatable bonds is 4. The zero-order valence-electron chi connectivity index (χ0n) is 25.4. The maximum absolute atomic E-state index is 15.3. The van der Waals surface area contributed by atoms with Crippen molar-refractivity contribution in [1.82, 2.24) is 0 Å². The summed E-state index contributed by atoms with van der Waals surface area (Å²) in [5.41, 5.74) is 13.7. The summed E-state index contributed by atoms with van der Waals surface area (Å²) in [6.45, 7) is 7.72. The maximum atomic E-state index is 15.3. The smallest absolute Gasteiger partial charge is 0.197 e. The second-order valence-corrected chi connectivity index (χ2v) is 12.1. The maximum Gasteiger partial charge on any atom is 0.197 e. The Bertz CT molecular complexity index is 2360. The van der Waals surface area contributed by atoms with E-state index in [4.69, 9.17) is 6.57 Å². The first kappa shape index (κ1) is 27.1. The lowest BCUT2D eigenvalue weighted by atomic mass is 9.70. The van der Waals surface area contributed by atoms with E-state index in [0.29, 0.717) is 16.8 Å². The zero-order valence-corrected chi connectivity index (χ0v) is 25.4. The molecule has 47 heavy (non-hydrogen) atoms. The summed E-state index contributed by atoms with van der Waals surface area (Å²) in [5.74, 6) is -0.406. The first-order valence-corrected chi connectivity index (χ1v) is 15.8. The van der Waals surface area contributed by atoms with Gasteiger partial charge in [-0.1, -0.05) is 127 Å². The van der Waals surface area contributed by atoms with Gasteiger partial charge in [-0.2, -0.15) is 0 Å². The molecular weight excluding hydrogens is 575 g/mol. The van der Waals surface area contributed by atoms with Crippen LogP contribution >= 0.6 is 0 Å². The van der Waals surface area contributed by atoms with Crippen LogP contribution in [0, 0.1) is 12.4 Å². The fraction of sp³-hybridized carbons (Fsp3) is 0.0227. The van der Waals surface area contributed by atoms with Gasteiger partial charge in [0.05, 0.1) is 17.7 Å². The average molecular weight is 603 g/mol. The molecule has 9 rings (SSSR count). The van der Waals surface area contributed by atoms with Gasteiger partial charge in [-0.05, 0) is 80.9 Å². The highest BCUT2D eigenvalue weighted by Crippen LogP contribution is 2.64. The van der Waals surface area contributed by atoms with Gasteiger partial charge in [0.2, 0.25) is 0 Å². The summed E-state index contributed by atoms with van der Waals surface area (Å²) in [7, 11) is 0. The van der Waals surface area contributed by atoms with E-state index in [2.05, 4.69) is 119 Å². The molecule has 0 amide bonds. The van der Waals surface area contributed by atoms with Gasteiger partial charge < -0.3 is 4.90 Å². The monoisotopic (exact) mass is 602 g/mol. The average Bonchev–Trinajstić information content (AvgIpc) is 3.60. The summed E-state index contributed by atoms with van der Waals surface area (Å²) < 4.78 is 15.3. The molecule has 2 aliphatic carbocycles. The van der Waals surface area contributed by atoms with Gasteiger partial charge in [-0.15, -0.1) is 0 Å². The predicted molar refractivity (Wildman–Crippen MR) is 189 cm³/mol. The lowest BCUT2D eigenvalue weighted by Crippen LogP contribution is -2.26. The Hall–Kier alpha value is -6.24. The fourth-order valence-electron chi connectivity index (χ4n) is 8.01. The van der Waals surface area contributed by atoms with E-state index >= 15 is 4.39 Å². The Morgan fingerprint density at radius 1 is 0.489 bits per heavy atom. The molecule has 220 valence electrons. The molecule has 0 saturated carbocycles. The van der Waals surface area contributed by atoms with Crippen molar-refractivity contribution in [3.8, 4) is 33.4 Å². The van der Waals surface area contributed by atoms with Crippen LogP contribution in [0.2, 0.25) is 0 Å². The zero-order chi connectivity index (χ0) is 31.5. The van der Waals surface area contributed by atoms with E-state index in [0.717, 1.165) is 17.1 Å². The molecule has 7 aromatic rings.